The number of hydrogen-bond acceptors (Lipinski definition) is 6. The number of halogens is 1. The number of carbonyl (C=O) groups excluding carboxylic acids is 1. The summed E-state index contributed by atoms with van der Waals surface area (Å²) in [6.45, 7) is 2.27. The monoisotopic (exact) mass is 408 g/mol. The molecule has 0 radical (unpaired) electrons. The van der Waals surface area contributed by atoms with Crippen molar-refractivity contribution in [3.8, 4) is 11.5 Å². The lowest BCUT2D eigenvalue weighted by molar-refractivity contribution is 0.208. The fourth-order valence-electron chi connectivity index (χ4n) is 3.54. The van der Waals surface area contributed by atoms with Crippen molar-refractivity contribution >= 4 is 17.5 Å². The summed E-state index contributed by atoms with van der Waals surface area (Å²) in [6.07, 6.45) is 3.93. The van der Waals surface area contributed by atoms with Gasteiger partial charge in [-0.2, -0.15) is 0 Å². The number of amides is 2. The molecule has 5 rings (SSSR count). The van der Waals surface area contributed by atoms with E-state index >= 15 is 0 Å². The molecule has 0 atom stereocenters. The van der Waals surface area contributed by atoms with Crippen LogP contribution in [-0.2, 0) is 0 Å². The van der Waals surface area contributed by atoms with E-state index in [1.807, 2.05) is 12.1 Å². The van der Waals surface area contributed by atoms with Gasteiger partial charge in [-0.3, -0.25) is 0 Å². The summed E-state index contributed by atoms with van der Waals surface area (Å²) in [6, 6.07) is 9.41. The van der Waals surface area contributed by atoms with E-state index < -0.39 is 0 Å². The van der Waals surface area contributed by atoms with Crippen molar-refractivity contribution in [3.05, 3.63) is 54.3 Å². The second-order valence-electron chi connectivity index (χ2n) is 7.51. The number of pyridine rings is 1. The molecule has 1 saturated carbocycles. The molecular formula is C21H21FN6O2. The first kappa shape index (κ1) is 18.5. The van der Waals surface area contributed by atoms with E-state index in [4.69, 9.17) is 4.42 Å². The highest BCUT2D eigenvalue weighted by molar-refractivity contribution is 5.89. The van der Waals surface area contributed by atoms with Crippen molar-refractivity contribution in [2.75, 3.05) is 36.4 Å². The molecule has 2 amide bonds. The fourth-order valence-corrected chi connectivity index (χ4v) is 3.54. The van der Waals surface area contributed by atoms with Gasteiger partial charge in [0, 0.05) is 44.0 Å². The molecule has 0 spiro atoms. The summed E-state index contributed by atoms with van der Waals surface area (Å²) in [5.74, 6) is 1.95. The van der Waals surface area contributed by atoms with Crippen molar-refractivity contribution in [2.24, 2.45) is 0 Å². The van der Waals surface area contributed by atoms with Gasteiger partial charge in [0.1, 0.15) is 11.6 Å². The van der Waals surface area contributed by atoms with Crippen molar-refractivity contribution in [3.63, 3.8) is 0 Å². The zero-order chi connectivity index (χ0) is 20.5. The lowest BCUT2D eigenvalue weighted by Gasteiger charge is -2.35. The standard InChI is InChI=1S/C21H21FN6O2/c22-15-3-1-4-16(13-15)24-21(29)28-11-9-27(10-12-28)18-17(5-2-8-23-18)20-26-25-19(30-20)14-6-7-14/h1-5,8,13-14H,6-7,9-12H2,(H,24,29). The second-order valence-corrected chi connectivity index (χ2v) is 7.51. The van der Waals surface area contributed by atoms with Gasteiger partial charge >= 0.3 is 6.03 Å². The Bertz CT molecular complexity index is 1060. The molecule has 30 heavy (non-hydrogen) atoms. The smallest absolute Gasteiger partial charge is 0.321 e. The minimum Gasteiger partial charge on any atom is -0.420 e. The van der Waals surface area contributed by atoms with Crippen LogP contribution in [0.4, 0.5) is 20.7 Å². The number of hydrogen-bond donors (Lipinski definition) is 1. The quantitative estimate of drug-likeness (QED) is 0.711. The Morgan fingerprint density at radius 2 is 1.93 bits per heavy atom. The molecule has 1 aliphatic carbocycles. The van der Waals surface area contributed by atoms with Gasteiger partial charge in [-0.15, -0.1) is 10.2 Å². The Morgan fingerprint density at radius 3 is 2.70 bits per heavy atom. The van der Waals surface area contributed by atoms with Crippen LogP contribution >= 0.6 is 0 Å². The molecule has 154 valence electrons. The topological polar surface area (TPSA) is 87.4 Å². The predicted octanol–water partition coefficient (Wildman–Crippen LogP) is 3.50. The van der Waals surface area contributed by atoms with Crippen molar-refractivity contribution in [1.29, 1.82) is 0 Å². The maximum atomic E-state index is 13.3. The maximum Gasteiger partial charge on any atom is 0.321 e. The van der Waals surface area contributed by atoms with Gasteiger partial charge in [-0.05, 0) is 43.2 Å². The lowest BCUT2D eigenvalue weighted by Crippen LogP contribution is -2.50. The van der Waals surface area contributed by atoms with Crippen molar-refractivity contribution < 1.29 is 13.6 Å². The highest BCUT2D eigenvalue weighted by atomic mass is 19.1. The van der Waals surface area contributed by atoms with Crippen molar-refractivity contribution in [2.45, 2.75) is 18.8 Å². The van der Waals surface area contributed by atoms with Crippen LogP contribution in [0.15, 0.2) is 47.0 Å². The largest absolute Gasteiger partial charge is 0.420 e. The SMILES string of the molecule is O=C(Nc1cccc(F)c1)N1CCN(c2ncccc2-c2nnc(C3CC3)o2)CC1. The number of carbonyl (C=O) groups is 1. The number of nitrogens with one attached hydrogen (secondary N) is 1. The molecule has 2 aromatic heterocycles. The minimum absolute atomic E-state index is 0.243. The molecule has 2 aliphatic rings. The molecule has 1 saturated heterocycles. The van der Waals surface area contributed by atoms with E-state index in [1.165, 1.54) is 12.1 Å². The summed E-state index contributed by atoms with van der Waals surface area (Å²) >= 11 is 0. The van der Waals surface area contributed by atoms with Gasteiger partial charge in [-0.1, -0.05) is 6.07 Å². The van der Waals surface area contributed by atoms with Crippen LogP contribution in [-0.4, -0.2) is 52.3 Å². The minimum atomic E-state index is -0.383. The van der Waals surface area contributed by atoms with Gasteiger partial charge in [0.15, 0.2) is 0 Å². The van der Waals surface area contributed by atoms with Crippen LogP contribution in [0.2, 0.25) is 0 Å². The van der Waals surface area contributed by atoms with Gasteiger partial charge in [0.05, 0.1) is 5.56 Å². The highest BCUT2D eigenvalue weighted by Crippen LogP contribution is 2.40. The molecule has 3 aromatic rings. The van der Waals surface area contributed by atoms with Crippen LogP contribution in [0, 0.1) is 5.82 Å². The van der Waals surface area contributed by atoms with E-state index in [0.29, 0.717) is 49.6 Å². The molecule has 0 unspecified atom stereocenters. The number of rotatable bonds is 4. The van der Waals surface area contributed by atoms with Crippen molar-refractivity contribution in [1.82, 2.24) is 20.1 Å². The van der Waals surface area contributed by atoms with Crippen LogP contribution in [0.1, 0.15) is 24.7 Å². The third-order valence-electron chi connectivity index (χ3n) is 5.33. The Kier molecular flexibility index (Phi) is 4.78. The highest BCUT2D eigenvalue weighted by Gasteiger charge is 2.30. The van der Waals surface area contributed by atoms with Gasteiger partial charge < -0.3 is 19.5 Å². The molecule has 0 bridgehead atoms. The Hall–Kier alpha value is -3.49. The molecule has 1 aliphatic heterocycles. The average Bonchev–Trinajstić information content (AvgIpc) is 3.50. The Morgan fingerprint density at radius 1 is 1.10 bits per heavy atom. The van der Waals surface area contributed by atoms with Gasteiger partial charge in [0.2, 0.25) is 5.89 Å². The van der Waals surface area contributed by atoms with E-state index in [2.05, 4.69) is 25.4 Å². The lowest BCUT2D eigenvalue weighted by atomic mass is 10.2. The van der Waals surface area contributed by atoms with E-state index in [-0.39, 0.29) is 11.8 Å². The fraction of sp³-hybridized carbons (Fsp3) is 0.333. The van der Waals surface area contributed by atoms with E-state index in [0.717, 1.165) is 24.2 Å². The number of urea groups is 1. The van der Waals surface area contributed by atoms with Crippen LogP contribution in [0.5, 0.6) is 0 Å². The number of aromatic nitrogens is 3. The first-order valence-corrected chi connectivity index (χ1v) is 10.0. The predicted molar refractivity (Wildman–Crippen MR) is 109 cm³/mol. The summed E-state index contributed by atoms with van der Waals surface area (Å²) in [7, 11) is 0. The molecule has 9 heteroatoms. The van der Waals surface area contributed by atoms with Gasteiger partial charge in [0.25, 0.3) is 5.89 Å². The number of benzene rings is 1. The number of nitrogens with zero attached hydrogens (tertiary/aromatic N) is 5. The van der Waals surface area contributed by atoms with Crippen LogP contribution in [0.3, 0.4) is 0 Å². The number of anilines is 2. The summed E-state index contributed by atoms with van der Waals surface area (Å²) in [4.78, 5) is 20.9. The van der Waals surface area contributed by atoms with Crippen LogP contribution in [0.25, 0.3) is 11.5 Å². The average molecular weight is 408 g/mol. The summed E-state index contributed by atoms with van der Waals surface area (Å²) in [5, 5.41) is 11.1. The Labute approximate surface area is 172 Å². The third-order valence-corrected chi connectivity index (χ3v) is 5.33. The van der Waals surface area contributed by atoms with Crippen LogP contribution < -0.4 is 10.2 Å². The zero-order valence-corrected chi connectivity index (χ0v) is 16.3. The first-order valence-electron chi connectivity index (χ1n) is 10.0. The third kappa shape index (κ3) is 3.83. The summed E-state index contributed by atoms with van der Waals surface area (Å²) in [5.41, 5.74) is 1.24. The normalized spacial score (nSPS) is 16.6. The van der Waals surface area contributed by atoms with E-state index in [9.17, 15) is 9.18 Å². The molecule has 2 fully saturated rings. The Balaban J connectivity index is 1.26. The molecule has 8 nitrogen and oxygen atoms in total. The first-order chi connectivity index (χ1) is 14.7. The zero-order valence-electron chi connectivity index (χ0n) is 16.3. The van der Waals surface area contributed by atoms with E-state index in [1.54, 1.807) is 23.2 Å². The maximum absolute atomic E-state index is 13.3. The second kappa shape index (κ2) is 7.74. The van der Waals surface area contributed by atoms with Gasteiger partial charge in [-0.25, -0.2) is 14.2 Å². The molecular weight excluding hydrogens is 387 g/mol. The molecule has 1 N–H and O–H groups in total. The molecule has 3 heterocycles. The molecule has 1 aromatic carbocycles. The summed E-state index contributed by atoms with van der Waals surface area (Å²) < 4.78 is 19.2. The number of piperazine rings is 1.